The van der Waals surface area contributed by atoms with E-state index in [1.54, 1.807) is 6.92 Å². The van der Waals surface area contributed by atoms with E-state index in [-0.39, 0.29) is 12.0 Å². The van der Waals surface area contributed by atoms with Gasteiger partial charge >= 0.3 is 5.97 Å². The van der Waals surface area contributed by atoms with Gasteiger partial charge in [0.25, 0.3) is 0 Å². The maximum atomic E-state index is 10.6. The Morgan fingerprint density at radius 1 is 1.60 bits per heavy atom. The van der Waals surface area contributed by atoms with Crippen LogP contribution in [-0.2, 0) is 4.79 Å². The van der Waals surface area contributed by atoms with E-state index in [0.29, 0.717) is 6.42 Å². The number of carboxylic acids is 1. The summed E-state index contributed by atoms with van der Waals surface area (Å²) in [6.07, 6.45) is 1.32. The molecule has 2 unspecified atom stereocenters. The minimum absolute atomic E-state index is 0.167. The molecule has 0 radical (unpaired) electrons. The predicted octanol–water partition coefficient (Wildman–Crippen LogP) is 0.345. The Hall–Kier alpha value is -1.33. The predicted molar refractivity (Wildman–Crippen MR) is 52.3 cm³/mol. The van der Waals surface area contributed by atoms with Gasteiger partial charge in [0, 0.05) is 0 Å². The van der Waals surface area contributed by atoms with Gasteiger partial charge in [-0.3, -0.25) is 0 Å². The monoisotopic (exact) mass is 214 g/mol. The minimum atomic E-state index is -1.76. The summed E-state index contributed by atoms with van der Waals surface area (Å²) in [7, 11) is 0. The number of aliphatic carboxylic acids is 1. The Morgan fingerprint density at radius 2 is 2.20 bits per heavy atom. The van der Waals surface area contributed by atoms with Gasteiger partial charge in [-0.15, -0.1) is 0 Å². The van der Waals surface area contributed by atoms with Gasteiger partial charge in [-0.2, -0.15) is 0 Å². The fourth-order valence-electron chi connectivity index (χ4n) is 1.57. The topological polar surface area (TPSA) is 98.0 Å². The highest BCUT2D eigenvalue weighted by Gasteiger charge is 2.41. The lowest BCUT2D eigenvalue weighted by Gasteiger charge is -2.33. The van der Waals surface area contributed by atoms with Gasteiger partial charge < -0.3 is 20.4 Å². The molecular formula is C10H14O5. The Morgan fingerprint density at radius 3 is 2.60 bits per heavy atom. The lowest BCUT2D eigenvalue weighted by atomic mass is 9.84. The molecule has 0 aromatic carbocycles. The minimum Gasteiger partial charge on any atom is -0.509 e. The molecule has 0 aliphatic heterocycles. The molecule has 1 rings (SSSR count). The molecule has 0 saturated heterocycles. The van der Waals surface area contributed by atoms with E-state index in [0.717, 1.165) is 12.2 Å². The van der Waals surface area contributed by atoms with E-state index in [2.05, 4.69) is 0 Å². The second-order valence-electron chi connectivity index (χ2n) is 3.58. The highest BCUT2D eigenvalue weighted by molar-refractivity contribution is 5.90. The van der Waals surface area contributed by atoms with Crippen LogP contribution < -0.4 is 0 Å². The summed E-state index contributed by atoms with van der Waals surface area (Å²) >= 11 is 0. The number of hydrogen-bond donors (Lipinski definition) is 4. The van der Waals surface area contributed by atoms with Crippen LogP contribution in [0.5, 0.6) is 0 Å². The zero-order valence-electron chi connectivity index (χ0n) is 8.34. The van der Waals surface area contributed by atoms with Gasteiger partial charge in [0.15, 0.2) is 5.60 Å². The normalized spacial score (nSPS) is 30.7. The van der Waals surface area contributed by atoms with Crippen molar-refractivity contribution in [1.29, 1.82) is 0 Å². The summed E-state index contributed by atoms with van der Waals surface area (Å²) in [4.78, 5) is 10.6. The van der Waals surface area contributed by atoms with E-state index in [1.165, 1.54) is 0 Å². The van der Waals surface area contributed by atoms with Crippen molar-refractivity contribution in [1.82, 2.24) is 0 Å². The maximum Gasteiger partial charge on any atom is 0.335 e. The first-order valence-electron chi connectivity index (χ1n) is 4.68. The lowest BCUT2D eigenvalue weighted by Crippen LogP contribution is -2.45. The standard InChI is InChI=1S/C10H14O5/c1-2-3-10(15)7(11)4-6(9(13)14)5-8(10)12/h4-5,7,11-12,15H,2-3H2,1H3,(H,13,14). The van der Waals surface area contributed by atoms with Crippen molar-refractivity contribution in [3.05, 3.63) is 23.5 Å². The molecule has 2 atom stereocenters. The van der Waals surface area contributed by atoms with Crippen LogP contribution in [0.15, 0.2) is 23.5 Å². The van der Waals surface area contributed by atoms with Gasteiger partial charge in [0.2, 0.25) is 0 Å². The molecule has 5 nitrogen and oxygen atoms in total. The van der Waals surface area contributed by atoms with Gasteiger partial charge in [-0.05, 0) is 18.6 Å². The highest BCUT2D eigenvalue weighted by atomic mass is 16.4. The average molecular weight is 214 g/mol. The third-order valence-corrected chi connectivity index (χ3v) is 2.44. The molecule has 0 fully saturated rings. The molecule has 1 aliphatic rings. The highest BCUT2D eigenvalue weighted by Crippen LogP contribution is 2.31. The molecule has 15 heavy (non-hydrogen) atoms. The van der Waals surface area contributed by atoms with Gasteiger partial charge in [0.05, 0.1) is 5.57 Å². The molecule has 1 aliphatic carbocycles. The number of carbonyl (C=O) groups is 1. The van der Waals surface area contributed by atoms with Gasteiger partial charge in [-0.1, -0.05) is 13.3 Å². The quantitative estimate of drug-likeness (QED) is 0.543. The van der Waals surface area contributed by atoms with Crippen LogP contribution in [0.3, 0.4) is 0 Å². The van der Waals surface area contributed by atoms with Gasteiger partial charge in [-0.25, -0.2) is 4.79 Å². The molecule has 0 aromatic heterocycles. The van der Waals surface area contributed by atoms with Crippen molar-refractivity contribution in [2.75, 3.05) is 0 Å². The first-order chi connectivity index (χ1) is 6.91. The fourth-order valence-corrected chi connectivity index (χ4v) is 1.57. The molecule has 0 heterocycles. The Labute approximate surface area is 87.0 Å². The second kappa shape index (κ2) is 4.04. The number of rotatable bonds is 3. The van der Waals surface area contributed by atoms with E-state index in [9.17, 15) is 20.1 Å². The van der Waals surface area contributed by atoms with E-state index in [4.69, 9.17) is 5.11 Å². The molecule has 0 aromatic rings. The maximum absolute atomic E-state index is 10.6. The van der Waals surface area contributed by atoms with Crippen LogP contribution in [0.25, 0.3) is 0 Å². The molecule has 0 amide bonds. The molecule has 0 bridgehead atoms. The van der Waals surface area contributed by atoms with Crippen molar-refractivity contribution in [3.63, 3.8) is 0 Å². The largest absolute Gasteiger partial charge is 0.509 e. The summed E-state index contributed by atoms with van der Waals surface area (Å²) < 4.78 is 0. The van der Waals surface area contributed by atoms with Crippen molar-refractivity contribution < 1.29 is 25.2 Å². The molecule has 0 spiro atoms. The first kappa shape index (κ1) is 11.7. The molecule has 5 heteroatoms. The number of aliphatic hydroxyl groups excluding tert-OH is 2. The summed E-state index contributed by atoms with van der Waals surface area (Å²) in [6, 6.07) is 0. The Kier molecular flexibility index (Phi) is 3.16. The van der Waals surface area contributed by atoms with Crippen molar-refractivity contribution in [3.8, 4) is 0 Å². The average Bonchev–Trinajstić information content (AvgIpc) is 2.14. The van der Waals surface area contributed by atoms with Crippen LogP contribution in [0.1, 0.15) is 19.8 Å². The SMILES string of the molecule is CCCC1(O)C(O)=CC(C(=O)O)=CC1O. The zero-order chi connectivity index (χ0) is 11.6. The van der Waals surface area contributed by atoms with Crippen molar-refractivity contribution in [2.24, 2.45) is 0 Å². The van der Waals surface area contributed by atoms with Crippen LogP contribution in [-0.4, -0.2) is 38.1 Å². The first-order valence-corrected chi connectivity index (χ1v) is 4.68. The van der Waals surface area contributed by atoms with Crippen LogP contribution in [0.2, 0.25) is 0 Å². The van der Waals surface area contributed by atoms with Gasteiger partial charge in [0.1, 0.15) is 11.9 Å². The van der Waals surface area contributed by atoms with Crippen molar-refractivity contribution in [2.45, 2.75) is 31.5 Å². The summed E-state index contributed by atoms with van der Waals surface area (Å²) in [5, 5.41) is 37.6. The molecule has 84 valence electrons. The number of hydrogen-bond acceptors (Lipinski definition) is 4. The van der Waals surface area contributed by atoms with E-state index < -0.39 is 23.4 Å². The number of aliphatic hydroxyl groups is 3. The van der Waals surface area contributed by atoms with Crippen LogP contribution >= 0.6 is 0 Å². The third kappa shape index (κ3) is 2.03. The smallest absolute Gasteiger partial charge is 0.335 e. The summed E-state index contributed by atoms with van der Waals surface area (Å²) in [5.74, 6) is -1.75. The molecule has 4 N–H and O–H groups in total. The fraction of sp³-hybridized carbons (Fsp3) is 0.500. The van der Waals surface area contributed by atoms with Crippen LogP contribution in [0, 0.1) is 0 Å². The Balaban J connectivity index is 3.03. The molecule has 0 saturated carbocycles. The third-order valence-electron chi connectivity index (χ3n) is 2.44. The Bertz CT molecular complexity index is 331. The summed E-state index contributed by atoms with van der Waals surface area (Å²) in [6.45, 7) is 1.79. The lowest BCUT2D eigenvalue weighted by molar-refractivity contribution is -0.132. The second-order valence-corrected chi connectivity index (χ2v) is 3.58. The zero-order valence-corrected chi connectivity index (χ0v) is 8.34. The number of carboxylic acid groups (broad SMARTS) is 1. The summed E-state index contributed by atoms with van der Waals surface area (Å²) in [5.41, 5.74) is -1.98. The van der Waals surface area contributed by atoms with Crippen LogP contribution in [0.4, 0.5) is 0 Å². The molecular weight excluding hydrogens is 200 g/mol. The van der Waals surface area contributed by atoms with E-state index >= 15 is 0 Å². The van der Waals surface area contributed by atoms with Crippen molar-refractivity contribution >= 4 is 5.97 Å². The van der Waals surface area contributed by atoms with E-state index in [1.807, 2.05) is 0 Å².